The smallest absolute Gasteiger partial charge is 0.239 e. The van der Waals surface area contributed by atoms with Crippen LogP contribution in [0, 0.1) is 6.92 Å². The van der Waals surface area contributed by atoms with E-state index in [4.69, 9.17) is 5.73 Å². The van der Waals surface area contributed by atoms with Gasteiger partial charge in [0.2, 0.25) is 5.95 Å². The summed E-state index contributed by atoms with van der Waals surface area (Å²) < 4.78 is 0. The molecule has 0 aliphatic carbocycles. The van der Waals surface area contributed by atoms with Gasteiger partial charge in [0, 0.05) is 0 Å². The lowest BCUT2D eigenvalue weighted by molar-refractivity contribution is 1.10. The highest BCUT2D eigenvalue weighted by atomic mass is 32.1. The molecule has 2 aromatic rings. The number of H-pyrrole nitrogens is 1. The van der Waals surface area contributed by atoms with Crippen LogP contribution in [0.25, 0.3) is 10.7 Å². The Morgan fingerprint density at radius 3 is 2.92 bits per heavy atom. The van der Waals surface area contributed by atoms with Crippen molar-refractivity contribution < 1.29 is 0 Å². The lowest BCUT2D eigenvalue weighted by atomic mass is 10.3. The van der Waals surface area contributed by atoms with E-state index in [1.54, 1.807) is 11.3 Å². The minimum absolute atomic E-state index is 0.290. The van der Waals surface area contributed by atoms with E-state index in [-0.39, 0.29) is 5.95 Å². The Morgan fingerprint density at radius 2 is 2.42 bits per heavy atom. The first-order valence-corrected chi connectivity index (χ1v) is 4.37. The van der Waals surface area contributed by atoms with Gasteiger partial charge in [0.1, 0.15) is 0 Å². The van der Waals surface area contributed by atoms with Crippen molar-refractivity contribution in [1.29, 1.82) is 0 Å². The number of hydrogen-bond donors (Lipinski definition) is 2. The Labute approximate surface area is 73.5 Å². The van der Waals surface area contributed by atoms with E-state index < -0.39 is 0 Å². The third kappa shape index (κ3) is 1.08. The summed E-state index contributed by atoms with van der Waals surface area (Å²) in [5, 5.41) is 8.55. The van der Waals surface area contributed by atoms with Crippen molar-refractivity contribution >= 4 is 17.3 Å². The Morgan fingerprint density at radius 1 is 1.58 bits per heavy atom. The van der Waals surface area contributed by atoms with Gasteiger partial charge in [0.25, 0.3) is 0 Å². The van der Waals surface area contributed by atoms with Crippen LogP contribution in [0.4, 0.5) is 5.95 Å². The molecule has 0 fully saturated rings. The zero-order valence-electron chi connectivity index (χ0n) is 6.53. The molecule has 3 N–H and O–H groups in total. The molecule has 0 aromatic carbocycles. The van der Waals surface area contributed by atoms with Crippen molar-refractivity contribution in [2.24, 2.45) is 0 Å². The van der Waals surface area contributed by atoms with E-state index in [0.29, 0.717) is 0 Å². The summed E-state index contributed by atoms with van der Waals surface area (Å²) in [7, 11) is 0. The van der Waals surface area contributed by atoms with Crippen LogP contribution in [0.2, 0.25) is 0 Å². The lowest BCUT2D eigenvalue weighted by Gasteiger charge is -1.90. The first kappa shape index (κ1) is 7.30. The molecule has 0 amide bonds. The maximum atomic E-state index is 5.39. The van der Waals surface area contributed by atoms with Crippen molar-refractivity contribution in [3.8, 4) is 10.7 Å². The molecule has 0 atom stereocenters. The monoisotopic (exact) mass is 180 g/mol. The zero-order valence-corrected chi connectivity index (χ0v) is 7.35. The van der Waals surface area contributed by atoms with Gasteiger partial charge < -0.3 is 5.73 Å². The standard InChI is InChI=1S/C7H8N4S/c1-4-2-3-12-5(4)6-9-7(8)11-10-6/h2-3H,1H3,(H3,8,9,10,11). The Hall–Kier alpha value is -1.36. The highest BCUT2D eigenvalue weighted by Crippen LogP contribution is 2.25. The molecule has 0 bridgehead atoms. The van der Waals surface area contributed by atoms with Crippen molar-refractivity contribution in [2.45, 2.75) is 6.92 Å². The summed E-state index contributed by atoms with van der Waals surface area (Å²) in [5.74, 6) is 1.04. The molecule has 0 saturated carbocycles. The number of nitrogens with two attached hydrogens (primary N) is 1. The number of aromatic amines is 1. The van der Waals surface area contributed by atoms with Gasteiger partial charge in [0.05, 0.1) is 4.88 Å². The van der Waals surface area contributed by atoms with E-state index in [2.05, 4.69) is 15.2 Å². The first-order chi connectivity index (χ1) is 5.77. The molecule has 0 saturated heterocycles. The lowest BCUT2D eigenvalue weighted by Crippen LogP contribution is -1.85. The van der Waals surface area contributed by atoms with Crippen molar-refractivity contribution in [3.05, 3.63) is 17.0 Å². The van der Waals surface area contributed by atoms with Crippen LogP contribution in [0.15, 0.2) is 11.4 Å². The maximum Gasteiger partial charge on any atom is 0.239 e. The van der Waals surface area contributed by atoms with E-state index >= 15 is 0 Å². The number of hydrogen-bond acceptors (Lipinski definition) is 4. The van der Waals surface area contributed by atoms with Crippen LogP contribution in [-0.4, -0.2) is 15.2 Å². The highest BCUT2D eigenvalue weighted by molar-refractivity contribution is 7.13. The van der Waals surface area contributed by atoms with Gasteiger partial charge in [-0.25, -0.2) is 0 Å². The van der Waals surface area contributed by atoms with Gasteiger partial charge in [-0.1, -0.05) is 0 Å². The average Bonchev–Trinajstić information content (AvgIpc) is 2.58. The fourth-order valence-electron chi connectivity index (χ4n) is 0.992. The van der Waals surface area contributed by atoms with Crippen LogP contribution in [0.3, 0.4) is 0 Å². The molecule has 0 unspecified atom stereocenters. The first-order valence-electron chi connectivity index (χ1n) is 3.49. The number of rotatable bonds is 1. The number of nitrogen functional groups attached to an aromatic ring is 1. The van der Waals surface area contributed by atoms with Gasteiger partial charge in [-0.2, -0.15) is 4.98 Å². The molecule has 0 aliphatic heterocycles. The van der Waals surface area contributed by atoms with E-state index in [1.165, 1.54) is 5.56 Å². The second-order valence-corrected chi connectivity index (χ2v) is 3.39. The number of nitrogens with one attached hydrogen (secondary N) is 1. The quantitative estimate of drug-likeness (QED) is 0.697. The summed E-state index contributed by atoms with van der Waals surface area (Å²) >= 11 is 1.63. The van der Waals surface area contributed by atoms with Crippen LogP contribution < -0.4 is 5.73 Å². The molecule has 0 aliphatic rings. The van der Waals surface area contributed by atoms with E-state index in [1.807, 2.05) is 18.4 Å². The number of thiophene rings is 1. The molecule has 0 radical (unpaired) electrons. The fourth-order valence-corrected chi connectivity index (χ4v) is 1.86. The minimum atomic E-state index is 0.290. The maximum absolute atomic E-state index is 5.39. The predicted molar refractivity (Wildman–Crippen MR) is 48.8 cm³/mol. The van der Waals surface area contributed by atoms with Crippen molar-refractivity contribution in [1.82, 2.24) is 15.2 Å². The zero-order chi connectivity index (χ0) is 8.55. The van der Waals surface area contributed by atoms with Crippen molar-refractivity contribution in [3.63, 3.8) is 0 Å². The summed E-state index contributed by atoms with van der Waals surface area (Å²) in [6, 6.07) is 2.04. The van der Waals surface area contributed by atoms with Crippen LogP contribution in [0.1, 0.15) is 5.56 Å². The van der Waals surface area contributed by atoms with Gasteiger partial charge >= 0.3 is 0 Å². The Bertz CT molecular complexity index is 390. The molecule has 2 heterocycles. The third-order valence-corrected chi connectivity index (χ3v) is 2.60. The number of nitrogens with zero attached hydrogens (tertiary/aromatic N) is 2. The molecule has 12 heavy (non-hydrogen) atoms. The van der Waals surface area contributed by atoms with Crippen LogP contribution in [-0.2, 0) is 0 Å². The molecular weight excluding hydrogens is 172 g/mol. The summed E-state index contributed by atoms with van der Waals surface area (Å²) in [5.41, 5.74) is 6.58. The molecule has 0 spiro atoms. The largest absolute Gasteiger partial charge is 0.366 e. The number of aromatic nitrogens is 3. The van der Waals surface area contributed by atoms with Gasteiger partial charge in [0.15, 0.2) is 5.82 Å². The minimum Gasteiger partial charge on any atom is -0.366 e. The van der Waals surface area contributed by atoms with Crippen molar-refractivity contribution in [2.75, 3.05) is 5.73 Å². The molecular formula is C7H8N4S. The normalized spacial score (nSPS) is 10.4. The highest BCUT2D eigenvalue weighted by Gasteiger charge is 2.06. The molecule has 62 valence electrons. The molecule has 2 aromatic heterocycles. The number of anilines is 1. The summed E-state index contributed by atoms with van der Waals surface area (Å²) in [6.45, 7) is 2.03. The molecule has 2 rings (SSSR count). The van der Waals surface area contributed by atoms with E-state index in [9.17, 15) is 0 Å². The molecule has 4 nitrogen and oxygen atoms in total. The van der Waals surface area contributed by atoms with Gasteiger partial charge in [-0.3, -0.25) is 5.10 Å². The Kier molecular flexibility index (Phi) is 1.58. The second-order valence-electron chi connectivity index (χ2n) is 2.47. The van der Waals surface area contributed by atoms with Crippen LogP contribution in [0.5, 0.6) is 0 Å². The van der Waals surface area contributed by atoms with Crippen LogP contribution >= 0.6 is 11.3 Å². The Balaban J connectivity index is 2.50. The van der Waals surface area contributed by atoms with Gasteiger partial charge in [-0.05, 0) is 23.9 Å². The topological polar surface area (TPSA) is 67.6 Å². The molecule has 5 heteroatoms. The van der Waals surface area contributed by atoms with E-state index in [0.717, 1.165) is 10.7 Å². The SMILES string of the molecule is Cc1ccsc1-c1nc(N)n[nH]1. The fraction of sp³-hybridized carbons (Fsp3) is 0.143. The van der Waals surface area contributed by atoms with Gasteiger partial charge in [-0.15, -0.1) is 16.4 Å². The average molecular weight is 180 g/mol. The summed E-state index contributed by atoms with van der Waals surface area (Å²) in [4.78, 5) is 5.13. The predicted octanol–water partition coefficient (Wildman–Crippen LogP) is 1.42. The second kappa shape index (κ2) is 2.60. The number of aryl methyl sites for hydroxylation is 1. The summed E-state index contributed by atoms with van der Waals surface area (Å²) in [6.07, 6.45) is 0. The third-order valence-electron chi connectivity index (χ3n) is 1.58.